The summed E-state index contributed by atoms with van der Waals surface area (Å²) >= 11 is 0. The van der Waals surface area contributed by atoms with E-state index in [1.54, 1.807) is 7.11 Å². The molecule has 0 aliphatic carbocycles. The number of rotatable bonds is 6. The number of carbonyl (C=O) groups excluding carboxylic acids is 1. The molecule has 110 valence electrons. The Bertz CT molecular complexity index is 317. The first kappa shape index (κ1) is 14.8. The van der Waals surface area contributed by atoms with Crippen molar-refractivity contribution in [3.63, 3.8) is 0 Å². The number of hydrogen-bond acceptors (Lipinski definition) is 3. The second-order valence-corrected chi connectivity index (χ2v) is 5.98. The highest BCUT2D eigenvalue weighted by atomic mass is 16.5. The molecule has 2 saturated heterocycles. The van der Waals surface area contributed by atoms with Crippen molar-refractivity contribution in [3.05, 3.63) is 0 Å². The van der Waals surface area contributed by atoms with Crippen LogP contribution in [0, 0.1) is 5.92 Å². The van der Waals surface area contributed by atoms with Crippen molar-refractivity contribution in [2.45, 2.75) is 45.1 Å². The van der Waals surface area contributed by atoms with Gasteiger partial charge in [0.1, 0.15) is 0 Å². The molecule has 2 heterocycles. The first-order valence-electron chi connectivity index (χ1n) is 7.69. The van der Waals surface area contributed by atoms with Gasteiger partial charge in [0.2, 0.25) is 5.91 Å². The van der Waals surface area contributed by atoms with Crippen molar-refractivity contribution in [1.82, 2.24) is 9.80 Å². The van der Waals surface area contributed by atoms with Crippen LogP contribution in [0.25, 0.3) is 0 Å². The highest BCUT2D eigenvalue weighted by Gasteiger charge is 2.50. The Hall–Kier alpha value is -0.610. The van der Waals surface area contributed by atoms with E-state index < -0.39 is 0 Å². The lowest BCUT2D eigenvalue weighted by Crippen LogP contribution is -2.62. The molecule has 2 aliphatic heterocycles. The monoisotopic (exact) mass is 268 g/mol. The Morgan fingerprint density at radius 1 is 1.26 bits per heavy atom. The zero-order valence-electron chi connectivity index (χ0n) is 12.7. The predicted molar refractivity (Wildman–Crippen MR) is 76.1 cm³/mol. The SMILES string of the molecule is CCC(CC)C(=O)N1CC[C@]2(CCN2CCOC)C1. The van der Waals surface area contributed by atoms with E-state index in [0.717, 1.165) is 52.0 Å². The van der Waals surface area contributed by atoms with Crippen LogP contribution in [0.2, 0.25) is 0 Å². The van der Waals surface area contributed by atoms with Gasteiger partial charge in [-0.05, 0) is 25.7 Å². The standard InChI is InChI=1S/C15H28N2O2/c1-4-13(5-2)14(18)16-8-6-15(12-16)7-9-17(15)10-11-19-3/h13H,4-12H2,1-3H3/t15-/m0/s1. The van der Waals surface area contributed by atoms with E-state index in [0.29, 0.717) is 5.91 Å². The van der Waals surface area contributed by atoms with Gasteiger partial charge < -0.3 is 9.64 Å². The first-order valence-corrected chi connectivity index (χ1v) is 7.69. The summed E-state index contributed by atoms with van der Waals surface area (Å²) < 4.78 is 5.18. The Kier molecular flexibility index (Phi) is 4.85. The van der Waals surface area contributed by atoms with Gasteiger partial charge in [-0.3, -0.25) is 9.69 Å². The maximum atomic E-state index is 12.4. The molecule has 2 fully saturated rings. The van der Waals surface area contributed by atoms with Crippen LogP contribution in [0.4, 0.5) is 0 Å². The molecule has 0 N–H and O–H groups in total. The van der Waals surface area contributed by atoms with Crippen LogP contribution in [0.15, 0.2) is 0 Å². The van der Waals surface area contributed by atoms with Crippen LogP contribution in [-0.4, -0.2) is 61.1 Å². The fourth-order valence-electron chi connectivity index (χ4n) is 3.54. The van der Waals surface area contributed by atoms with Crippen molar-refractivity contribution in [3.8, 4) is 0 Å². The van der Waals surface area contributed by atoms with Gasteiger partial charge >= 0.3 is 0 Å². The van der Waals surface area contributed by atoms with Gasteiger partial charge in [-0.15, -0.1) is 0 Å². The lowest BCUT2D eigenvalue weighted by atomic mass is 9.84. The minimum atomic E-state index is 0.225. The Labute approximate surface area is 117 Å². The van der Waals surface area contributed by atoms with Gasteiger partial charge in [-0.2, -0.15) is 0 Å². The molecule has 1 atom stereocenters. The predicted octanol–water partition coefficient (Wildman–Crippen LogP) is 1.75. The quantitative estimate of drug-likeness (QED) is 0.736. The lowest BCUT2D eigenvalue weighted by molar-refractivity contribution is -0.136. The Morgan fingerprint density at radius 2 is 1.95 bits per heavy atom. The highest BCUT2D eigenvalue weighted by Crippen LogP contribution is 2.39. The molecule has 1 amide bonds. The highest BCUT2D eigenvalue weighted by molar-refractivity contribution is 5.79. The molecule has 0 saturated carbocycles. The molecule has 0 unspecified atom stereocenters. The van der Waals surface area contributed by atoms with Gasteiger partial charge in [0.05, 0.1) is 6.61 Å². The molecule has 1 spiro atoms. The van der Waals surface area contributed by atoms with E-state index in [4.69, 9.17) is 4.74 Å². The van der Waals surface area contributed by atoms with E-state index in [9.17, 15) is 4.79 Å². The zero-order valence-corrected chi connectivity index (χ0v) is 12.7. The van der Waals surface area contributed by atoms with Crippen molar-refractivity contribution < 1.29 is 9.53 Å². The van der Waals surface area contributed by atoms with Gasteiger partial charge in [0.15, 0.2) is 0 Å². The third-order valence-corrected chi connectivity index (χ3v) is 5.06. The van der Waals surface area contributed by atoms with Crippen molar-refractivity contribution >= 4 is 5.91 Å². The summed E-state index contributed by atoms with van der Waals surface area (Å²) in [6.07, 6.45) is 4.31. The molecule has 4 nitrogen and oxygen atoms in total. The van der Waals surface area contributed by atoms with Crippen molar-refractivity contribution in [2.75, 3.05) is 39.9 Å². The molecule has 2 aliphatic rings. The van der Waals surface area contributed by atoms with Gasteiger partial charge in [0, 0.05) is 44.7 Å². The molecule has 0 aromatic heterocycles. The smallest absolute Gasteiger partial charge is 0.225 e. The molecule has 4 heteroatoms. The largest absolute Gasteiger partial charge is 0.383 e. The van der Waals surface area contributed by atoms with Gasteiger partial charge in [-0.1, -0.05) is 13.8 Å². The minimum Gasteiger partial charge on any atom is -0.383 e. The minimum absolute atomic E-state index is 0.225. The van der Waals surface area contributed by atoms with E-state index >= 15 is 0 Å². The average Bonchev–Trinajstić information content (AvgIpc) is 2.86. The van der Waals surface area contributed by atoms with Gasteiger partial charge in [0.25, 0.3) is 0 Å². The van der Waals surface area contributed by atoms with Crippen LogP contribution in [-0.2, 0) is 9.53 Å². The molecule has 0 radical (unpaired) electrons. The number of ether oxygens (including phenoxy) is 1. The van der Waals surface area contributed by atoms with Crippen LogP contribution in [0.3, 0.4) is 0 Å². The third kappa shape index (κ3) is 2.79. The average molecular weight is 268 g/mol. The summed E-state index contributed by atoms with van der Waals surface area (Å²) in [7, 11) is 1.75. The normalized spacial score (nSPS) is 27.3. The number of methoxy groups -OCH3 is 1. The van der Waals surface area contributed by atoms with Crippen molar-refractivity contribution in [2.24, 2.45) is 5.92 Å². The third-order valence-electron chi connectivity index (χ3n) is 5.06. The number of amides is 1. The summed E-state index contributed by atoms with van der Waals surface area (Å²) in [5.41, 5.74) is 0.278. The maximum absolute atomic E-state index is 12.4. The summed E-state index contributed by atoms with van der Waals surface area (Å²) in [4.78, 5) is 17.1. The Morgan fingerprint density at radius 3 is 2.47 bits per heavy atom. The van der Waals surface area contributed by atoms with E-state index in [1.807, 2.05) is 0 Å². The van der Waals surface area contributed by atoms with Gasteiger partial charge in [-0.25, -0.2) is 0 Å². The molecular weight excluding hydrogens is 240 g/mol. The number of carbonyl (C=O) groups is 1. The van der Waals surface area contributed by atoms with E-state index in [-0.39, 0.29) is 11.5 Å². The van der Waals surface area contributed by atoms with Crippen LogP contribution in [0.1, 0.15) is 39.5 Å². The summed E-state index contributed by atoms with van der Waals surface area (Å²) in [6.45, 7) is 9.07. The summed E-state index contributed by atoms with van der Waals surface area (Å²) in [6, 6.07) is 0. The van der Waals surface area contributed by atoms with Crippen LogP contribution >= 0.6 is 0 Å². The molecule has 19 heavy (non-hydrogen) atoms. The molecule has 2 rings (SSSR count). The molecule has 0 bridgehead atoms. The van der Waals surface area contributed by atoms with E-state index in [2.05, 4.69) is 23.6 Å². The number of nitrogens with zero attached hydrogens (tertiary/aromatic N) is 2. The second kappa shape index (κ2) is 6.23. The maximum Gasteiger partial charge on any atom is 0.225 e. The lowest BCUT2D eigenvalue weighted by Gasteiger charge is -2.50. The topological polar surface area (TPSA) is 32.8 Å². The fraction of sp³-hybridized carbons (Fsp3) is 0.933. The molecule has 0 aromatic rings. The van der Waals surface area contributed by atoms with Crippen LogP contribution < -0.4 is 0 Å². The molecule has 0 aromatic carbocycles. The number of hydrogen-bond donors (Lipinski definition) is 0. The first-order chi connectivity index (χ1) is 9.16. The van der Waals surface area contributed by atoms with Crippen molar-refractivity contribution in [1.29, 1.82) is 0 Å². The number of likely N-dealkylation sites (tertiary alicyclic amines) is 2. The summed E-state index contributed by atoms with van der Waals surface area (Å²) in [5, 5.41) is 0. The van der Waals surface area contributed by atoms with Crippen LogP contribution in [0.5, 0.6) is 0 Å². The molecular formula is C15H28N2O2. The zero-order chi connectivity index (χ0) is 13.9. The fourth-order valence-corrected chi connectivity index (χ4v) is 3.54. The Balaban J connectivity index is 1.90. The van der Waals surface area contributed by atoms with E-state index in [1.165, 1.54) is 6.42 Å². The second-order valence-electron chi connectivity index (χ2n) is 5.98. The summed E-state index contributed by atoms with van der Waals surface area (Å²) in [5.74, 6) is 0.600.